The fraction of sp³-hybridized carbons (Fsp3) is 0.353. The molecule has 6 nitrogen and oxygen atoms in total. The largest absolute Gasteiger partial charge is 0.467 e. The second-order valence-electron chi connectivity index (χ2n) is 5.60. The van der Waals surface area contributed by atoms with Gasteiger partial charge in [-0.2, -0.15) is 0 Å². The minimum absolute atomic E-state index is 0.0766. The van der Waals surface area contributed by atoms with Crippen LogP contribution in [0.2, 0.25) is 0 Å². The molecule has 0 aliphatic rings. The summed E-state index contributed by atoms with van der Waals surface area (Å²) in [7, 11) is 0. The Morgan fingerprint density at radius 2 is 2.29 bits per heavy atom. The number of hydrogen-bond acceptors (Lipinski definition) is 5. The van der Waals surface area contributed by atoms with Crippen molar-refractivity contribution in [2.75, 3.05) is 0 Å². The minimum atomic E-state index is -0.216. The molecule has 3 heterocycles. The lowest BCUT2D eigenvalue weighted by Gasteiger charge is -2.04. The van der Waals surface area contributed by atoms with Crippen LogP contribution >= 0.6 is 11.3 Å². The summed E-state index contributed by atoms with van der Waals surface area (Å²) < 4.78 is 6.83. The summed E-state index contributed by atoms with van der Waals surface area (Å²) in [6, 6.07) is 3.57. The maximum absolute atomic E-state index is 12.6. The molecule has 24 heavy (non-hydrogen) atoms. The van der Waals surface area contributed by atoms with E-state index in [9.17, 15) is 9.59 Å². The van der Waals surface area contributed by atoms with Gasteiger partial charge in [-0.25, -0.2) is 4.98 Å². The molecule has 0 aromatic carbocycles. The number of carbonyl (C=O) groups excluding carboxylic acids is 1. The van der Waals surface area contributed by atoms with Crippen molar-refractivity contribution in [2.24, 2.45) is 0 Å². The van der Waals surface area contributed by atoms with Crippen LogP contribution in [0.1, 0.15) is 40.8 Å². The molecule has 0 saturated heterocycles. The van der Waals surface area contributed by atoms with E-state index in [1.54, 1.807) is 36.2 Å². The van der Waals surface area contributed by atoms with Crippen LogP contribution in [0, 0.1) is 6.92 Å². The number of nitrogens with zero attached hydrogens (tertiary/aromatic N) is 2. The molecule has 3 aromatic rings. The Balaban J connectivity index is 1.89. The number of amides is 1. The Morgan fingerprint density at radius 3 is 3.00 bits per heavy atom. The number of carbonyl (C=O) groups is 1. The number of aryl methyl sites for hydroxylation is 2. The van der Waals surface area contributed by atoms with E-state index in [0.717, 1.165) is 12.8 Å². The number of nitrogens with one attached hydrogen (secondary N) is 1. The maximum Gasteiger partial charge on any atom is 0.262 e. The van der Waals surface area contributed by atoms with Crippen LogP contribution in [-0.4, -0.2) is 15.5 Å². The predicted molar refractivity (Wildman–Crippen MR) is 93.4 cm³/mol. The van der Waals surface area contributed by atoms with Crippen LogP contribution in [0.25, 0.3) is 10.2 Å². The smallest absolute Gasteiger partial charge is 0.262 e. The van der Waals surface area contributed by atoms with E-state index in [2.05, 4.69) is 17.2 Å². The molecule has 126 valence electrons. The Kier molecular flexibility index (Phi) is 4.80. The molecule has 3 aromatic heterocycles. The fourth-order valence-corrected chi connectivity index (χ4v) is 3.58. The van der Waals surface area contributed by atoms with Gasteiger partial charge in [-0.05, 0) is 31.0 Å². The first-order valence-corrected chi connectivity index (χ1v) is 8.72. The molecule has 3 rings (SSSR count). The minimum Gasteiger partial charge on any atom is -0.467 e. The molecule has 0 atom stereocenters. The van der Waals surface area contributed by atoms with Gasteiger partial charge in [0.25, 0.3) is 11.5 Å². The zero-order chi connectivity index (χ0) is 17.1. The molecule has 0 spiro atoms. The van der Waals surface area contributed by atoms with Gasteiger partial charge in [-0.1, -0.05) is 13.3 Å². The number of furan rings is 1. The van der Waals surface area contributed by atoms with Crippen molar-refractivity contribution in [1.29, 1.82) is 0 Å². The van der Waals surface area contributed by atoms with Crippen molar-refractivity contribution in [1.82, 2.24) is 14.9 Å². The topological polar surface area (TPSA) is 77.1 Å². The van der Waals surface area contributed by atoms with E-state index in [0.29, 0.717) is 39.5 Å². The second kappa shape index (κ2) is 7.00. The van der Waals surface area contributed by atoms with Crippen molar-refractivity contribution >= 4 is 27.5 Å². The number of rotatable bonds is 6. The summed E-state index contributed by atoms with van der Waals surface area (Å²) in [5.41, 5.74) is 0.613. The maximum atomic E-state index is 12.6. The average molecular weight is 345 g/mol. The molecule has 0 radical (unpaired) electrons. The van der Waals surface area contributed by atoms with Gasteiger partial charge < -0.3 is 9.73 Å². The van der Waals surface area contributed by atoms with Crippen LogP contribution in [0.5, 0.6) is 0 Å². The number of hydrogen-bond donors (Lipinski definition) is 1. The average Bonchev–Trinajstić information content (AvgIpc) is 3.20. The monoisotopic (exact) mass is 345 g/mol. The molecule has 0 saturated carbocycles. The highest BCUT2D eigenvalue weighted by molar-refractivity contribution is 7.20. The van der Waals surface area contributed by atoms with E-state index >= 15 is 0 Å². The first kappa shape index (κ1) is 16.4. The molecular weight excluding hydrogens is 326 g/mol. The van der Waals surface area contributed by atoms with Gasteiger partial charge in [0.1, 0.15) is 10.6 Å². The normalized spacial score (nSPS) is 11.1. The highest BCUT2D eigenvalue weighted by atomic mass is 32.1. The molecule has 0 fully saturated rings. The van der Waals surface area contributed by atoms with Gasteiger partial charge in [0, 0.05) is 6.54 Å². The number of thiophene rings is 1. The molecule has 0 bridgehead atoms. The Hall–Kier alpha value is -2.41. The van der Waals surface area contributed by atoms with Gasteiger partial charge in [0.2, 0.25) is 0 Å². The summed E-state index contributed by atoms with van der Waals surface area (Å²) >= 11 is 1.25. The molecule has 7 heteroatoms. The Bertz CT molecular complexity index is 909. The van der Waals surface area contributed by atoms with Crippen molar-refractivity contribution in [3.8, 4) is 0 Å². The van der Waals surface area contributed by atoms with E-state index in [4.69, 9.17) is 4.42 Å². The van der Waals surface area contributed by atoms with E-state index in [1.807, 2.05) is 0 Å². The SMILES string of the molecule is CCCCn1cnc2sc(C(=O)NCc3ccco3)c(C)c2c1=O. The zero-order valence-corrected chi connectivity index (χ0v) is 14.5. The lowest BCUT2D eigenvalue weighted by Crippen LogP contribution is -2.23. The molecule has 1 amide bonds. The number of fused-ring (bicyclic) bond motifs is 1. The highest BCUT2D eigenvalue weighted by Crippen LogP contribution is 2.26. The van der Waals surface area contributed by atoms with Gasteiger partial charge >= 0.3 is 0 Å². The number of unbranched alkanes of at least 4 members (excludes halogenated alkanes) is 1. The Morgan fingerprint density at radius 1 is 1.46 bits per heavy atom. The van der Waals surface area contributed by atoms with Crippen LogP contribution in [0.4, 0.5) is 0 Å². The summed E-state index contributed by atoms with van der Waals surface area (Å²) in [6.07, 6.45) is 5.07. The van der Waals surface area contributed by atoms with E-state index < -0.39 is 0 Å². The van der Waals surface area contributed by atoms with E-state index in [-0.39, 0.29) is 11.5 Å². The fourth-order valence-electron chi connectivity index (χ4n) is 2.52. The molecular formula is C17H19N3O3S. The van der Waals surface area contributed by atoms with Gasteiger partial charge in [0.15, 0.2) is 0 Å². The third-order valence-corrected chi connectivity index (χ3v) is 5.08. The summed E-state index contributed by atoms with van der Waals surface area (Å²) in [6.45, 7) is 4.84. The van der Waals surface area contributed by atoms with E-state index in [1.165, 1.54) is 11.3 Å². The van der Waals surface area contributed by atoms with Gasteiger partial charge in [0.05, 0.1) is 29.4 Å². The summed E-state index contributed by atoms with van der Waals surface area (Å²) in [5, 5.41) is 3.36. The molecule has 0 unspecified atom stereocenters. The van der Waals surface area contributed by atoms with Crippen LogP contribution in [0.15, 0.2) is 33.9 Å². The highest BCUT2D eigenvalue weighted by Gasteiger charge is 2.19. The second-order valence-corrected chi connectivity index (χ2v) is 6.59. The van der Waals surface area contributed by atoms with Gasteiger partial charge in [-0.3, -0.25) is 14.2 Å². The lowest BCUT2D eigenvalue weighted by molar-refractivity contribution is 0.0951. The van der Waals surface area contributed by atoms with Gasteiger partial charge in [-0.15, -0.1) is 11.3 Å². The van der Waals surface area contributed by atoms with Crippen LogP contribution < -0.4 is 10.9 Å². The molecule has 1 N–H and O–H groups in total. The van der Waals surface area contributed by atoms with Crippen molar-refractivity contribution in [3.05, 3.63) is 51.3 Å². The lowest BCUT2D eigenvalue weighted by atomic mass is 10.2. The van der Waals surface area contributed by atoms with Crippen molar-refractivity contribution < 1.29 is 9.21 Å². The standard InChI is InChI=1S/C17H19N3O3S/c1-3-4-7-20-10-19-16-13(17(20)22)11(2)14(24-16)15(21)18-9-12-6-5-8-23-12/h5-6,8,10H,3-4,7,9H2,1-2H3,(H,18,21). The van der Waals surface area contributed by atoms with Crippen LogP contribution in [0.3, 0.4) is 0 Å². The molecule has 0 aliphatic heterocycles. The third-order valence-electron chi connectivity index (χ3n) is 3.88. The van der Waals surface area contributed by atoms with Crippen molar-refractivity contribution in [3.63, 3.8) is 0 Å². The first-order chi connectivity index (χ1) is 11.6. The number of aromatic nitrogens is 2. The Labute approximate surface area is 143 Å². The zero-order valence-electron chi connectivity index (χ0n) is 13.7. The summed E-state index contributed by atoms with van der Waals surface area (Å²) in [5.74, 6) is 0.466. The van der Waals surface area contributed by atoms with Crippen LogP contribution in [-0.2, 0) is 13.1 Å². The third kappa shape index (κ3) is 3.12. The van der Waals surface area contributed by atoms with Crippen molar-refractivity contribution in [2.45, 2.75) is 39.8 Å². The first-order valence-electron chi connectivity index (χ1n) is 7.91. The predicted octanol–water partition coefficient (Wildman–Crippen LogP) is 3.09. The summed E-state index contributed by atoms with van der Waals surface area (Å²) in [4.78, 5) is 30.5. The quantitative estimate of drug-likeness (QED) is 0.745. The molecule has 0 aliphatic carbocycles.